The highest BCUT2D eigenvalue weighted by atomic mass is 32.1. The van der Waals surface area contributed by atoms with Crippen LogP contribution in [0.1, 0.15) is 35.2 Å². The van der Waals surface area contributed by atoms with Gasteiger partial charge in [-0.15, -0.1) is 11.3 Å². The van der Waals surface area contributed by atoms with Gasteiger partial charge in [-0.05, 0) is 32.4 Å². The highest BCUT2D eigenvalue weighted by Crippen LogP contribution is 2.26. The zero-order chi connectivity index (χ0) is 15.5. The topological polar surface area (TPSA) is 71.2 Å². The van der Waals surface area contributed by atoms with Crippen molar-refractivity contribution in [2.24, 2.45) is 0 Å². The van der Waals surface area contributed by atoms with Gasteiger partial charge in [0.05, 0.1) is 16.4 Å². The number of rotatable bonds is 5. The quantitative estimate of drug-likeness (QED) is 0.913. The Labute approximate surface area is 133 Å². The molecule has 0 aromatic carbocycles. The summed E-state index contributed by atoms with van der Waals surface area (Å²) in [6, 6.07) is 1.95. The number of nitrogens with zero attached hydrogens (tertiary/aromatic N) is 4. The fraction of sp³-hybridized carbons (Fsp3) is 0.533. The van der Waals surface area contributed by atoms with Crippen molar-refractivity contribution in [2.45, 2.75) is 38.8 Å². The molecular weight excluding hydrogens is 300 g/mol. The second kappa shape index (κ2) is 6.58. The standard InChI is InChI=1S/C15H20N4O2S/c1-11-16-13(10-22-11)8-18-5-2-3-12(7-18)14-4-6-19(17-14)9-15(20)21/h4,6,10,12H,2-3,5,7-9H2,1H3,(H,20,21). The number of hydrogen-bond acceptors (Lipinski definition) is 5. The summed E-state index contributed by atoms with van der Waals surface area (Å²) < 4.78 is 1.50. The van der Waals surface area contributed by atoms with E-state index in [4.69, 9.17) is 5.11 Å². The van der Waals surface area contributed by atoms with Crippen molar-refractivity contribution < 1.29 is 9.90 Å². The predicted molar refractivity (Wildman–Crippen MR) is 84.0 cm³/mol. The Morgan fingerprint density at radius 1 is 1.55 bits per heavy atom. The van der Waals surface area contributed by atoms with Crippen LogP contribution in [0.5, 0.6) is 0 Å². The van der Waals surface area contributed by atoms with Crippen LogP contribution in [0.4, 0.5) is 0 Å². The van der Waals surface area contributed by atoms with Gasteiger partial charge in [0.2, 0.25) is 0 Å². The summed E-state index contributed by atoms with van der Waals surface area (Å²) >= 11 is 1.69. The van der Waals surface area contributed by atoms with Crippen LogP contribution in [0.25, 0.3) is 0 Å². The number of aryl methyl sites for hydroxylation is 1. The largest absolute Gasteiger partial charge is 0.480 e. The van der Waals surface area contributed by atoms with Gasteiger partial charge in [-0.1, -0.05) is 0 Å². The number of aromatic nitrogens is 3. The lowest BCUT2D eigenvalue weighted by molar-refractivity contribution is -0.137. The van der Waals surface area contributed by atoms with Crippen LogP contribution in [0.3, 0.4) is 0 Å². The molecule has 1 saturated heterocycles. The lowest BCUT2D eigenvalue weighted by Crippen LogP contribution is -2.34. The molecule has 7 heteroatoms. The molecule has 0 spiro atoms. The molecule has 2 aromatic heterocycles. The smallest absolute Gasteiger partial charge is 0.325 e. The number of hydrogen-bond donors (Lipinski definition) is 1. The van der Waals surface area contributed by atoms with Crippen molar-refractivity contribution >= 4 is 17.3 Å². The Morgan fingerprint density at radius 3 is 3.14 bits per heavy atom. The van der Waals surface area contributed by atoms with E-state index < -0.39 is 5.97 Å². The summed E-state index contributed by atoms with van der Waals surface area (Å²) in [6.45, 7) is 4.89. The second-order valence-corrected chi connectivity index (χ2v) is 6.83. The van der Waals surface area contributed by atoms with Crippen LogP contribution in [-0.4, -0.2) is 43.8 Å². The Kier molecular flexibility index (Phi) is 4.54. The molecule has 3 heterocycles. The van der Waals surface area contributed by atoms with Crippen molar-refractivity contribution in [3.05, 3.63) is 34.0 Å². The van der Waals surface area contributed by atoms with Gasteiger partial charge in [-0.3, -0.25) is 14.4 Å². The number of likely N-dealkylation sites (tertiary alicyclic amines) is 1. The molecule has 0 radical (unpaired) electrons. The Bertz CT molecular complexity index is 652. The number of aliphatic carboxylic acids is 1. The molecule has 0 amide bonds. The molecule has 118 valence electrons. The number of carbonyl (C=O) groups is 1. The van der Waals surface area contributed by atoms with Crippen LogP contribution in [0.2, 0.25) is 0 Å². The van der Waals surface area contributed by atoms with Crippen molar-refractivity contribution in [2.75, 3.05) is 13.1 Å². The van der Waals surface area contributed by atoms with Crippen molar-refractivity contribution in [3.63, 3.8) is 0 Å². The number of piperidine rings is 1. The van der Waals surface area contributed by atoms with Crippen LogP contribution in [0.15, 0.2) is 17.6 Å². The fourth-order valence-corrected chi connectivity index (χ4v) is 3.58. The van der Waals surface area contributed by atoms with Crippen molar-refractivity contribution in [3.8, 4) is 0 Å². The molecule has 1 unspecified atom stereocenters. The van der Waals surface area contributed by atoms with E-state index in [2.05, 4.69) is 20.4 Å². The van der Waals surface area contributed by atoms with E-state index in [1.54, 1.807) is 17.5 Å². The van der Waals surface area contributed by atoms with Gasteiger partial charge in [-0.25, -0.2) is 4.98 Å². The van der Waals surface area contributed by atoms with E-state index >= 15 is 0 Å². The average molecular weight is 320 g/mol. The Hall–Kier alpha value is -1.73. The molecule has 0 aliphatic carbocycles. The van der Waals surface area contributed by atoms with Gasteiger partial charge >= 0.3 is 5.97 Å². The summed E-state index contributed by atoms with van der Waals surface area (Å²) in [5.74, 6) is -0.484. The van der Waals surface area contributed by atoms with Gasteiger partial charge in [0, 0.05) is 30.6 Å². The second-order valence-electron chi connectivity index (χ2n) is 5.76. The maximum atomic E-state index is 10.7. The molecule has 2 aromatic rings. The van der Waals surface area contributed by atoms with Gasteiger partial charge in [0.1, 0.15) is 6.54 Å². The minimum absolute atomic E-state index is 0.0749. The molecule has 1 N–H and O–H groups in total. The molecule has 0 saturated carbocycles. The van der Waals surface area contributed by atoms with E-state index in [1.165, 1.54) is 4.68 Å². The number of carboxylic acids is 1. The molecule has 0 bridgehead atoms. The highest BCUT2D eigenvalue weighted by molar-refractivity contribution is 7.09. The highest BCUT2D eigenvalue weighted by Gasteiger charge is 2.23. The molecule has 1 atom stereocenters. The molecule has 22 heavy (non-hydrogen) atoms. The van der Waals surface area contributed by atoms with Crippen molar-refractivity contribution in [1.82, 2.24) is 19.7 Å². The summed E-state index contributed by atoms with van der Waals surface area (Å²) in [5.41, 5.74) is 2.14. The first-order chi connectivity index (χ1) is 10.6. The van der Waals surface area contributed by atoms with Crippen LogP contribution >= 0.6 is 11.3 Å². The van der Waals surface area contributed by atoms with E-state index in [1.807, 2.05) is 13.0 Å². The van der Waals surface area contributed by atoms with Crippen molar-refractivity contribution in [1.29, 1.82) is 0 Å². The third-order valence-electron chi connectivity index (χ3n) is 3.93. The van der Waals surface area contributed by atoms with Gasteiger partial charge < -0.3 is 5.11 Å². The zero-order valence-corrected chi connectivity index (χ0v) is 13.4. The van der Waals surface area contributed by atoms with Crippen LogP contribution < -0.4 is 0 Å². The lowest BCUT2D eigenvalue weighted by Gasteiger charge is -2.31. The molecular formula is C15H20N4O2S. The fourth-order valence-electron chi connectivity index (χ4n) is 2.97. The molecule has 1 aliphatic heterocycles. The third kappa shape index (κ3) is 3.72. The third-order valence-corrected chi connectivity index (χ3v) is 4.76. The minimum atomic E-state index is -0.862. The lowest BCUT2D eigenvalue weighted by atomic mass is 9.95. The SMILES string of the molecule is Cc1nc(CN2CCCC(c3ccn(CC(=O)O)n3)C2)cs1. The van der Waals surface area contributed by atoms with Gasteiger partial charge in [0.25, 0.3) is 0 Å². The number of carboxylic acid groups (broad SMARTS) is 1. The summed E-state index contributed by atoms with van der Waals surface area (Å²) in [4.78, 5) is 17.7. The Morgan fingerprint density at radius 2 is 2.41 bits per heavy atom. The Balaban J connectivity index is 1.62. The van der Waals surface area contributed by atoms with Crippen LogP contribution in [0, 0.1) is 6.92 Å². The monoisotopic (exact) mass is 320 g/mol. The first-order valence-corrected chi connectivity index (χ1v) is 8.36. The number of thiazole rings is 1. The first-order valence-electron chi connectivity index (χ1n) is 7.48. The molecule has 6 nitrogen and oxygen atoms in total. The maximum absolute atomic E-state index is 10.7. The first kappa shape index (κ1) is 15.2. The summed E-state index contributed by atoms with van der Waals surface area (Å²) in [7, 11) is 0. The maximum Gasteiger partial charge on any atom is 0.325 e. The molecule has 3 rings (SSSR count). The van der Waals surface area contributed by atoms with E-state index in [0.717, 1.165) is 48.9 Å². The van der Waals surface area contributed by atoms with Gasteiger partial charge in [-0.2, -0.15) is 5.10 Å². The minimum Gasteiger partial charge on any atom is -0.480 e. The normalized spacial score (nSPS) is 19.4. The van der Waals surface area contributed by atoms with E-state index in [0.29, 0.717) is 5.92 Å². The van der Waals surface area contributed by atoms with Crippen LogP contribution in [-0.2, 0) is 17.9 Å². The predicted octanol–water partition coefficient (Wildman–Crippen LogP) is 2.11. The average Bonchev–Trinajstić information content (AvgIpc) is 3.08. The summed E-state index contributed by atoms with van der Waals surface area (Å²) in [6.07, 6.45) is 4.00. The molecule has 1 aliphatic rings. The van der Waals surface area contributed by atoms with E-state index in [-0.39, 0.29) is 6.54 Å². The summed E-state index contributed by atoms with van der Waals surface area (Å²) in [5, 5.41) is 16.5. The molecule has 1 fully saturated rings. The zero-order valence-electron chi connectivity index (χ0n) is 12.6. The van der Waals surface area contributed by atoms with Gasteiger partial charge in [0.15, 0.2) is 0 Å². The van der Waals surface area contributed by atoms with E-state index in [9.17, 15) is 4.79 Å².